The molecule has 5 nitrogen and oxygen atoms in total. The quantitative estimate of drug-likeness (QED) is 0.467. The Hall–Kier alpha value is -0.650. The second kappa shape index (κ2) is 9.30. The maximum Gasteiger partial charge on any atom is 0.327 e. The Balaban J connectivity index is 4.35. The van der Waals surface area contributed by atoms with Crippen molar-refractivity contribution in [2.75, 3.05) is 47.0 Å². The van der Waals surface area contributed by atoms with Gasteiger partial charge in [-0.3, -0.25) is 4.79 Å². The van der Waals surface area contributed by atoms with Gasteiger partial charge in [-0.1, -0.05) is 6.92 Å². The van der Waals surface area contributed by atoms with E-state index in [1.54, 1.807) is 7.11 Å². The Labute approximate surface area is 111 Å². The second-order valence-corrected chi connectivity index (χ2v) is 4.67. The van der Waals surface area contributed by atoms with Gasteiger partial charge in [-0.2, -0.15) is 0 Å². The van der Waals surface area contributed by atoms with Crippen LogP contribution in [0.3, 0.4) is 0 Å². The fourth-order valence-electron chi connectivity index (χ4n) is 1.97. The standard InChI is InChI=1S/C13H28N2O3/c1-6-14-13(3,12(16)18-7-2)11-15(4)9-8-10-17-5/h14H,6-11H2,1-5H3. The van der Waals surface area contributed by atoms with E-state index in [2.05, 4.69) is 10.2 Å². The smallest absolute Gasteiger partial charge is 0.327 e. The van der Waals surface area contributed by atoms with E-state index in [1.165, 1.54) is 0 Å². The van der Waals surface area contributed by atoms with Crippen LogP contribution in [0, 0.1) is 0 Å². The summed E-state index contributed by atoms with van der Waals surface area (Å²) in [6.07, 6.45) is 0.956. The molecule has 0 heterocycles. The summed E-state index contributed by atoms with van der Waals surface area (Å²) in [4.78, 5) is 14.1. The lowest BCUT2D eigenvalue weighted by atomic mass is 10.0. The molecule has 0 aromatic carbocycles. The van der Waals surface area contributed by atoms with Crippen molar-refractivity contribution in [2.24, 2.45) is 0 Å². The Morgan fingerprint density at radius 3 is 2.56 bits per heavy atom. The molecule has 0 rings (SSSR count). The number of nitrogens with one attached hydrogen (secondary N) is 1. The van der Waals surface area contributed by atoms with Gasteiger partial charge in [0, 0.05) is 26.8 Å². The van der Waals surface area contributed by atoms with Crippen molar-refractivity contribution in [3.8, 4) is 0 Å². The maximum atomic E-state index is 12.0. The zero-order valence-corrected chi connectivity index (χ0v) is 12.4. The lowest BCUT2D eigenvalue weighted by Crippen LogP contribution is -2.57. The minimum atomic E-state index is -0.646. The zero-order valence-electron chi connectivity index (χ0n) is 12.4. The van der Waals surface area contributed by atoms with Crippen LogP contribution in [0.5, 0.6) is 0 Å². The highest BCUT2D eigenvalue weighted by Crippen LogP contribution is 2.09. The summed E-state index contributed by atoms with van der Waals surface area (Å²) >= 11 is 0. The van der Waals surface area contributed by atoms with Gasteiger partial charge < -0.3 is 19.7 Å². The van der Waals surface area contributed by atoms with Gasteiger partial charge in [0.05, 0.1) is 6.61 Å². The van der Waals surface area contributed by atoms with Gasteiger partial charge >= 0.3 is 5.97 Å². The predicted octanol–water partition coefficient (Wildman–Crippen LogP) is 0.886. The zero-order chi connectivity index (χ0) is 14.0. The van der Waals surface area contributed by atoms with E-state index in [1.807, 2.05) is 27.8 Å². The van der Waals surface area contributed by atoms with Gasteiger partial charge in [-0.25, -0.2) is 0 Å². The molecule has 0 saturated heterocycles. The summed E-state index contributed by atoms with van der Waals surface area (Å²) in [6, 6.07) is 0. The molecule has 0 aliphatic rings. The van der Waals surface area contributed by atoms with Crippen LogP contribution in [-0.2, 0) is 14.3 Å². The number of nitrogens with zero attached hydrogens (tertiary/aromatic N) is 1. The van der Waals surface area contributed by atoms with Crippen LogP contribution < -0.4 is 5.32 Å². The predicted molar refractivity (Wildman–Crippen MR) is 72.7 cm³/mol. The number of hydrogen-bond acceptors (Lipinski definition) is 5. The third-order valence-corrected chi connectivity index (χ3v) is 2.77. The Morgan fingerprint density at radius 2 is 2.06 bits per heavy atom. The van der Waals surface area contributed by atoms with Crippen LogP contribution in [0.4, 0.5) is 0 Å². The number of methoxy groups -OCH3 is 1. The van der Waals surface area contributed by atoms with E-state index < -0.39 is 5.54 Å². The molecular weight excluding hydrogens is 232 g/mol. The van der Waals surface area contributed by atoms with Crippen molar-refractivity contribution < 1.29 is 14.3 Å². The molecule has 0 spiro atoms. The number of esters is 1. The molecule has 1 N–H and O–H groups in total. The average Bonchev–Trinajstić information content (AvgIpc) is 2.29. The fraction of sp³-hybridized carbons (Fsp3) is 0.923. The minimum Gasteiger partial charge on any atom is -0.465 e. The van der Waals surface area contributed by atoms with E-state index in [-0.39, 0.29) is 5.97 Å². The highest BCUT2D eigenvalue weighted by molar-refractivity contribution is 5.80. The molecule has 5 heteroatoms. The fourth-order valence-corrected chi connectivity index (χ4v) is 1.97. The number of carbonyl (C=O) groups is 1. The topological polar surface area (TPSA) is 50.8 Å². The monoisotopic (exact) mass is 260 g/mol. The van der Waals surface area contributed by atoms with E-state index >= 15 is 0 Å². The summed E-state index contributed by atoms with van der Waals surface area (Å²) in [5.41, 5.74) is -0.646. The maximum absolute atomic E-state index is 12.0. The summed E-state index contributed by atoms with van der Waals surface area (Å²) in [6.45, 7) is 9.12. The number of likely N-dealkylation sites (N-methyl/N-ethyl adjacent to an activating group) is 2. The SMILES string of the molecule is CCNC(C)(CN(C)CCCOC)C(=O)OCC. The summed E-state index contributed by atoms with van der Waals surface area (Å²) < 4.78 is 10.2. The number of rotatable bonds is 10. The molecule has 0 fully saturated rings. The Morgan fingerprint density at radius 1 is 1.39 bits per heavy atom. The van der Waals surface area contributed by atoms with Crippen molar-refractivity contribution in [2.45, 2.75) is 32.7 Å². The number of carbonyl (C=O) groups excluding carboxylic acids is 1. The highest BCUT2D eigenvalue weighted by atomic mass is 16.5. The highest BCUT2D eigenvalue weighted by Gasteiger charge is 2.34. The molecule has 1 unspecified atom stereocenters. The minimum absolute atomic E-state index is 0.189. The van der Waals surface area contributed by atoms with Crippen LogP contribution in [0.15, 0.2) is 0 Å². The molecular formula is C13H28N2O3. The first-order valence-corrected chi connectivity index (χ1v) is 6.59. The van der Waals surface area contributed by atoms with E-state index in [0.717, 1.165) is 26.1 Å². The molecule has 0 aromatic heterocycles. The summed E-state index contributed by atoms with van der Waals surface area (Å²) in [7, 11) is 3.70. The molecule has 0 aliphatic heterocycles. The normalized spacial score (nSPS) is 14.6. The van der Waals surface area contributed by atoms with Gasteiger partial charge in [0.25, 0.3) is 0 Å². The van der Waals surface area contributed by atoms with Gasteiger partial charge in [0.15, 0.2) is 0 Å². The van der Waals surface area contributed by atoms with E-state index in [4.69, 9.17) is 9.47 Å². The first-order chi connectivity index (χ1) is 8.50. The second-order valence-electron chi connectivity index (χ2n) is 4.67. The summed E-state index contributed by atoms with van der Waals surface area (Å²) in [5, 5.41) is 3.22. The van der Waals surface area contributed by atoms with Gasteiger partial charge in [0.1, 0.15) is 5.54 Å². The Kier molecular flexibility index (Phi) is 8.97. The molecule has 0 radical (unpaired) electrons. The van der Waals surface area contributed by atoms with Gasteiger partial charge in [0.2, 0.25) is 0 Å². The first-order valence-electron chi connectivity index (χ1n) is 6.59. The lowest BCUT2D eigenvalue weighted by molar-refractivity contribution is -0.151. The van der Waals surface area contributed by atoms with Crippen LogP contribution in [0.25, 0.3) is 0 Å². The molecule has 0 amide bonds. The molecule has 0 saturated carbocycles. The number of hydrogen-bond donors (Lipinski definition) is 1. The van der Waals surface area contributed by atoms with Crippen molar-refractivity contribution >= 4 is 5.97 Å². The largest absolute Gasteiger partial charge is 0.465 e. The molecule has 108 valence electrons. The van der Waals surface area contributed by atoms with Crippen molar-refractivity contribution in [1.82, 2.24) is 10.2 Å². The van der Waals surface area contributed by atoms with Crippen molar-refractivity contribution in [3.63, 3.8) is 0 Å². The average molecular weight is 260 g/mol. The van der Waals surface area contributed by atoms with Crippen LogP contribution in [0.2, 0.25) is 0 Å². The molecule has 18 heavy (non-hydrogen) atoms. The van der Waals surface area contributed by atoms with Crippen molar-refractivity contribution in [3.05, 3.63) is 0 Å². The van der Waals surface area contributed by atoms with Gasteiger partial charge in [-0.15, -0.1) is 0 Å². The summed E-state index contributed by atoms with van der Waals surface area (Å²) in [5.74, 6) is -0.189. The lowest BCUT2D eigenvalue weighted by Gasteiger charge is -2.32. The Bertz CT molecular complexity index is 236. The molecule has 0 aliphatic carbocycles. The van der Waals surface area contributed by atoms with E-state index in [9.17, 15) is 4.79 Å². The van der Waals surface area contributed by atoms with E-state index in [0.29, 0.717) is 13.2 Å². The third kappa shape index (κ3) is 6.33. The number of ether oxygens (including phenoxy) is 2. The van der Waals surface area contributed by atoms with Crippen LogP contribution >= 0.6 is 0 Å². The van der Waals surface area contributed by atoms with Crippen LogP contribution in [-0.4, -0.2) is 63.4 Å². The molecule has 0 aromatic rings. The molecule has 0 bridgehead atoms. The van der Waals surface area contributed by atoms with Crippen LogP contribution in [0.1, 0.15) is 27.2 Å². The van der Waals surface area contributed by atoms with Gasteiger partial charge in [-0.05, 0) is 33.9 Å². The third-order valence-electron chi connectivity index (χ3n) is 2.77. The van der Waals surface area contributed by atoms with Crippen molar-refractivity contribution in [1.29, 1.82) is 0 Å². The molecule has 1 atom stereocenters. The first kappa shape index (κ1) is 17.4.